The zero-order chi connectivity index (χ0) is 14.1. The Balaban J connectivity index is 1.78. The van der Waals surface area contributed by atoms with Gasteiger partial charge in [0.1, 0.15) is 11.6 Å². The highest BCUT2D eigenvalue weighted by Gasteiger charge is 2.29. The van der Waals surface area contributed by atoms with Crippen LogP contribution in [0.2, 0.25) is 0 Å². The van der Waals surface area contributed by atoms with Crippen molar-refractivity contribution in [3.63, 3.8) is 0 Å². The number of thioether (sulfide) groups is 1. The minimum absolute atomic E-state index is 0.241. The fraction of sp³-hybridized carbons (Fsp3) is 0.385. The quantitative estimate of drug-likeness (QED) is 0.835. The number of hydrogen-bond acceptors (Lipinski definition) is 4. The van der Waals surface area contributed by atoms with Crippen LogP contribution in [0.15, 0.2) is 27.8 Å². The molecule has 1 aliphatic carbocycles. The van der Waals surface area contributed by atoms with Crippen LogP contribution in [-0.4, -0.2) is 14.8 Å². The third-order valence-corrected chi connectivity index (χ3v) is 5.10. The first kappa shape index (κ1) is 14.0. The van der Waals surface area contributed by atoms with Crippen molar-refractivity contribution in [1.29, 1.82) is 0 Å². The van der Waals surface area contributed by atoms with Crippen molar-refractivity contribution in [3.05, 3.63) is 39.9 Å². The van der Waals surface area contributed by atoms with Gasteiger partial charge < -0.3 is 10.3 Å². The molecule has 0 amide bonds. The van der Waals surface area contributed by atoms with Gasteiger partial charge in [-0.3, -0.25) is 0 Å². The summed E-state index contributed by atoms with van der Waals surface area (Å²) in [5, 5.41) is 9.20. The van der Waals surface area contributed by atoms with E-state index in [-0.39, 0.29) is 5.82 Å². The molecule has 0 atom stereocenters. The molecule has 1 heterocycles. The van der Waals surface area contributed by atoms with Crippen molar-refractivity contribution in [2.75, 3.05) is 0 Å². The highest BCUT2D eigenvalue weighted by molar-refractivity contribution is 9.10. The van der Waals surface area contributed by atoms with E-state index in [1.54, 1.807) is 17.8 Å². The van der Waals surface area contributed by atoms with Gasteiger partial charge >= 0.3 is 0 Å². The molecule has 3 rings (SSSR count). The first-order valence-corrected chi connectivity index (χ1v) is 8.18. The van der Waals surface area contributed by atoms with E-state index in [1.807, 2.05) is 6.07 Å². The first-order valence-electron chi connectivity index (χ1n) is 6.40. The predicted octanol–water partition coefficient (Wildman–Crippen LogP) is 3.27. The summed E-state index contributed by atoms with van der Waals surface area (Å²) in [6.45, 7) is 0.397. The lowest BCUT2D eigenvalue weighted by molar-refractivity contribution is 0.619. The summed E-state index contributed by atoms with van der Waals surface area (Å²) in [7, 11) is 0. The lowest BCUT2D eigenvalue weighted by Crippen LogP contribution is -2.08. The van der Waals surface area contributed by atoms with Crippen LogP contribution in [0.5, 0.6) is 0 Å². The highest BCUT2D eigenvalue weighted by atomic mass is 79.9. The molecule has 2 aromatic rings. The summed E-state index contributed by atoms with van der Waals surface area (Å²) < 4.78 is 16.1. The molecular weight excluding hydrogens is 343 g/mol. The van der Waals surface area contributed by atoms with Gasteiger partial charge in [0.2, 0.25) is 0 Å². The minimum atomic E-state index is -0.241. The van der Waals surface area contributed by atoms with E-state index < -0.39 is 0 Å². The number of nitrogens with zero attached hydrogens (tertiary/aromatic N) is 3. The maximum Gasteiger partial charge on any atom is 0.191 e. The number of halogens is 2. The Kier molecular flexibility index (Phi) is 4.09. The Bertz CT molecular complexity index is 627. The number of aromatic nitrogens is 3. The largest absolute Gasteiger partial charge is 0.324 e. The van der Waals surface area contributed by atoms with Gasteiger partial charge in [-0.1, -0.05) is 23.9 Å². The molecule has 2 N–H and O–H groups in total. The second-order valence-corrected chi connectivity index (χ2v) is 6.44. The summed E-state index contributed by atoms with van der Waals surface area (Å²) in [5.41, 5.74) is 6.60. The van der Waals surface area contributed by atoms with Crippen molar-refractivity contribution in [1.82, 2.24) is 14.8 Å². The summed E-state index contributed by atoms with van der Waals surface area (Å²) in [6, 6.07) is 5.55. The van der Waals surface area contributed by atoms with E-state index in [4.69, 9.17) is 5.73 Å². The van der Waals surface area contributed by atoms with Crippen molar-refractivity contribution in [2.45, 2.75) is 36.3 Å². The molecule has 1 aliphatic rings. The third kappa shape index (κ3) is 2.75. The van der Waals surface area contributed by atoms with Crippen LogP contribution in [0.25, 0.3) is 0 Å². The Morgan fingerprint density at radius 1 is 1.40 bits per heavy atom. The maximum absolute atomic E-state index is 13.5. The summed E-state index contributed by atoms with van der Waals surface area (Å²) in [4.78, 5) is 0. The van der Waals surface area contributed by atoms with E-state index >= 15 is 0 Å². The van der Waals surface area contributed by atoms with Gasteiger partial charge in [-0.2, -0.15) is 0 Å². The molecule has 0 spiro atoms. The van der Waals surface area contributed by atoms with Crippen molar-refractivity contribution >= 4 is 27.7 Å². The number of benzene rings is 1. The SMILES string of the molecule is NCc1nnc(SCc2cccc(F)c2Br)n1C1CC1. The van der Waals surface area contributed by atoms with E-state index in [0.717, 1.165) is 29.4 Å². The Labute approximate surface area is 129 Å². The Morgan fingerprint density at radius 3 is 2.90 bits per heavy atom. The average molecular weight is 357 g/mol. The molecule has 0 unspecified atom stereocenters. The average Bonchev–Trinajstić information content (AvgIpc) is 3.21. The number of hydrogen-bond donors (Lipinski definition) is 1. The van der Waals surface area contributed by atoms with E-state index in [2.05, 4.69) is 30.7 Å². The molecule has 106 valence electrons. The van der Waals surface area contributed by atoms with Crippen LogP contribution < -0.4 is 5.73 Å². The number of rotatable bonds is 5. The minimum Gasteiger partial charge on any atom is -0.324 e. The third-order valence-electron chi connectivity index (χ3n) is 3.22. The Hall–Kier alpha value is -0.920. The van der Waals surface area contributed by atoms with Gasteiger partial charge in [-0.05, 0) is 40.4 Å². The lowest BCUT2D eigenvalue weighted by atomic mass is 10.2. The van der Waals surface area contributed by atoms with Gasteiger partial charge in [0.15, 0.2) is 5.16 Å². The molecule has 0 radical (unpaired) electrons. The smallest absolute Gasteiger partial charge is 0.191 e. The molecule has 1 saturated carbocycles. The van der Waals surface area contributed by atoms with Crippen molar-refractivity contribution < 1.29 is 4.39 Å². The molecule has 1 aromatic carbocycles. The molecule has 20 heavy (non-hydrogen) atoms. The topological polar surface area (TPSA) is 56.7 Å². The lowest BCUT2D eigenvalue weighted by Gasteiger charge is -2.08. The first-order chi connectivity index (χ1) is 9.70. The van der Waals surface area contributed by atoms with Crippen molar-refractivity contribution in [3.8, 4) is 0 Å². The zero-order valence-electron chi connectivity index (χ0n) is 10.7. The molecule has 0 bridgehead atoms. The standard InChI is InChI=1S/C13H14BrFN4S/c14-12-8(2-1-3-10(12)15)7-20-13-18-17-11(6-16)19(13)9-4-5-9/h1-3,9H,4-7,16H2. The van der Waals surface area contributed by atoms with Crippen LogP contribution in [-0.2, 0) is 12.3 Å². The van der Waals surface area contributed by atoms with Crippen molar-refractivity contribution in [2.24, 2.45) is 5.73 Å². The second kappa shape index (κ2) is 5.83. The molecule has 0 saturated heterocycles. The van der Waals surface area contributed by atoms with E-state index in [0.29, 0.717) is 22.8 Å². The zero-order valence-corrected chi connectivity index (χ0v) is 13.1. The molecule has 1 aromatic heterocycles. The predicted molar refractivity (Wildman–Crippen MR) is 79.8 cm³/mol. The van der Waals surface area contributed by atoms with Gasteiger partial charge in [-0.25, -0.2) is 4.39 Å². The normalized spacial score (nSPS) is 14.8. The van der Waals surface area contributed by atoms with Crippen LogP contribution in [0, 0.1) is 5.82 Å². The summed E-state index contributed by atoms with van der Waals surface area (Å²) >= 11 is 4.85. The molecule has 1 fully saturated rings. The Morgan fingerprint density at radius 2 is 2.20 bits per heavy atom. The van der Waals surface area contributed by atoms with E-state index in [9.17, 15) is 4.39 Å². The van der Waals surface area contributed by atoms with E-state index in [1.165, 1.54) is 6.07 Å². The fourth-order valence-corrected chi connectivity index (χ4v) is 3.65. The van der Waals surface area contributed by atoms with Crippen LogP contribution in [0.3, 0.4) is 0 Å². The monoisotopic (exact) mass is 356 g/mol. The second-order valence-electron chi connectivity index (χ2n) is 4.71. The van der Waals surface area contributed by atoms with Gasteiger partial charge in [0.25, 0.3) is 0 Å². The van der Waals surface area contributed by atoms with Gasteiger partial charge in [-0.15, -0.1) is 10.2 Å². The summed E-state index contributed by atoms with van der Waals surface area (Å²) in [5.74, 6) is 1.23. The van der Waals surface area contributed by atoms with Crippen LogP contribution in [0.4, 0.5) is 4.39 Å². The van der Waals surface area contributed by atoms with Gasteiger partial charge in [0, 0.05) is 11.8 Å². The maximum atomic E-state index is 13.5. The molecule has 7 heteroatoms. The number of nitrogens with two attached hydrogens (primary N) is 1. The highest BCUT2D eigenvalue weighted by Crippen LogP contribution is 2.39. The van der Waals surface area contributed by atoms with Crippen LogP contribution in [0.1, 0.15) is 30.3 Å². The molecule has 0 aliphatic heterocycles. The molecule has 4 nitrogen and oxygen atoms in total. The van der Waals surface area contributed by atoms with Crippen LogP contribution >= 0.6 is 27.7 Å². The molecular formula is C13H14BrFN4S. The fourth-order valence-electron chi connectivity index (χ4n) is 2.05. The van der Waals surface area contributed by atoms with Gasteiger partial charge in [0.05, 0.1) is 11.0 Å². The summed E-state index contributed by atoms with van der Waals surface area (Å²) in [6.07, 6.45) is 2.31.